The Labute approximate surface area is 132 Å². The molecular formula is C19H24N2O. The monoisotopic (exact) mass is 296 g/mol. The molecule has 2 heterocycles. The lowest BCUT2D eigenvalue weighted by Crippen LogP contribution is -2.43. The van der Waals surface area contributed by atoms with E-state index >= 15 is 0 Å². The number of ether oxygens (including phenoxy) is 1. The number of aromatic nitrogens is 1. The highest BCUT2D eigenvalue weighted by Gasteiger charge is 2.34. The Morgan fingerprint density at radius 1 is 1.14 bits per heavy atom. The molecule has 0 saturated carbocycles. The maximum Gasteiger partial charge on any atom is 0.0475 e. The maximum absolute atomic E-state index is 5.61. The van der Waals surface area contributed by atoms with Crippen molar-refractivity contribution in [3.05, 3.63) is 65.5 Å². The third kappa shape index (κ3) is 3.37. The third-order valence-electron chi connectivity index (χ3n) is 4.68. The molecule has 22 heavy (non-hydrogen) atoms. The molecule has 116 valence electrons. The molecule has 3 heteroatoms. The van der Waals surface area contributed by atoms with E-state index in [0.717, 1.165) is 39.1 Å². The Morgan fingerprint density at radius 3 is 2.68 bits per heavy atom. The summed E-state index contributed by atoms with van der Waals surface area (Å²) in [7, 11) is 0. The van der Waals surface area contributed by atoms with Crippen LogP contribution in [-0.2, 0) is 16.7 Å². The van der Waals surface area contributed by atoms with E-state index in [9.17, 15) is 0 Å². The van der Waals surface area contributed by atoms with Crippen molar-refractivity contribution in [2.75, 3.05) is 19.8 Å². The van der Waals surface area contributed by atoms with Crippen molar-refractivity contribution in [3.8, 4) is 0 Å². The van der Waals surface area contributed by atoms with Gasteiger partial charge in [0, 0.05) is 44.1 Å². The molecule has 1 aliphatic heterocycles. The first kappa shape index (κ1) is 15.2. The fourth-order valence-electron chi connectivity index (χ4n) is 3.42. The molecule has 0 bridgehead atoms. The quantitative estimate of drug-likeness (QED) is 0.920. The summed E-state index contributed by atoms with van der Waals surface area (Å²) in [5, 5.41) is 3.64. The summed E-state index contributed by atoms with van der Waals surface area (Å²) < 4.78 is 5.61. The fourth-order valence-corrected chi connectivity index (χ4v) is 3.42. The van der Waals surface area contributed by atoms with Gasteiger partial charge in [-0.1, -0.05) is 30.3 Å². The lowest BCUT2D eigenvalue weighted by Gasteiger charge is -2.39. The van der Waals surface area contributed by atoms with E-state index in [1.54, 1.807) is 0 Å². The van der Waals surface area contributed by atoms with Crippen LogP contribution >= 0.6 is 0 Å². The predicted molar refractivity (Wildman–Crippen MR) is 88.9 cm³/mol. The number of hydrogen-bond donors (Lipinski definition) is 1. The molecule has 2 aromatic rings. The summed E-state index contributed by atoms with van der Waals surface area (Å²) >= 11 is 0. The van der Waals surface area contributed by atoms with Gasteiger partial charge >= 0.3 is 0 Å². The average Bonchev–Trinajstić information content (AvgIpc) is 2.57. The largest absolute Gasteiger partial charge is 0.381 e. The second-order valence-corrected chi connectivity index (χ2v) is 6.17. The van der Waals surface area contributed by atoms with Crippen molar-refractivity contribution in [2.45, 2.75) is 31.7 Å². The van der Waals surface area contributed by atoms with E-state index in [1.807, 2.05) is 18.5 Å². The Bertz CT molecular complexity index is 591. The van der Waals surface area contributed by atoms with Crippen molar-refractivity contribution in [1.82, 2.24) is 10.3 Å². The van der Waals surface area contributed by atoms with Crippen LogP contribution in [0.4, 0.5) is 0 Å². The van der Waals surface area contributed by atoms with Crippen LogP contribution in [0.2, 0.25) is 0 Å². The van der Waals surface area contributed by atoms with E-state index in [0.29, 0.717) is 0 Å². The molecule has 0 radical (unpaired) electrons. The topological polar surface area (TPSA) is 34.2 Å². The van der Waals surface area contributed by atoms with Crippen molar-refractivity contribution >= 4 is 0 Å². The minimum absolute atomic E-state index is 0.186. The van der Waals surface area contributed by atoms with E-state index in [1.165, 1.54) is 16.7 Å². The van der Waals surface area contributed by atoms with Gasteiger partial charge in [0.2, 0.25) is 0 Å². The number of aryl methyl sites for hydroxylation is 1. The summed E-state index contributed by atoms with van der Waals surface area (Å²) in [6.45, 7) is 5.76. The molecule has 0 spiro atoms. The highest BCUT2D eigenvalue weighted by molar-refractivity contribution is 5.34. The molecule has 1 fully saturated rings. The minimum Gasteiger partial charge on any atom is -0.381 e. The number of hydrogen-bond acceptors (Lipinski definition) is 3. The summed E-state index contributed by atoms with van der Waals surface area (Å²) in [5.41, 5.74) is 4.27. The van der Waals surface area contributed by atoms with Gasteiger partial charge in [0.15, 0.2) is 0 Å². The first-order valence-corrected chi connectivity index (χ1v) is 8.04. The number of nitrogens with zero attached hydrogens (tertiary/aromatic N) is 1. The average molecular weight is 296 g/mol. The number of pyridine rings is 1. The Kier molecular flexibility index (Phi) is 4.86. The summed E-state index contributed by atoms with van der Waals surface area (Å²) in [4.78, 5) is 4.18. The molecule has 3 rings (SSSR count). The van der Waals surface area contributed by atoms with E-state index in [-0.39, 0.29) is 5.41 Å². The SMILES string of the molecule is Cc1ccccc1C1(CNCc2cccnc2)CCOCC1. The standard InChI is InChI=1S/C19H24N2O/c1-16-5-2-3-7-18(16)19(8-11-22-12-9-19)15-21-14-17-6-4-10-20-13-17/h2-7,10,13,21H,8-9,11-12,14-15H2,1H3. The van der Waals surface area contributed by atoms with Crippen LogP contribution in [-0.4, -0.2) is 24.7 Å². The highest BCUT2D eigenvalue weighted by Crippen LogP contribution is 2.36. The van der Waals surface area contributed by atoms with Gasteiger partial charge < -0.3 is 10.1 Å². The first-order valence-electron chi connectivity index (χ1n) is 8.04. The van der Waals surface area contributed by atoms with Crippen LogP contribution in [0.1, 0.15) is 29.5 Å². The van der Waals surface area contributed by atoms with E-state index in [2.05, 4.69) is 47.6 Å². The van der Waals surface area contributed by atoms with Crippen LogP contribution in [0, 0.1) is 6.92 Å². The molecule has 1 saturated heterocycles. The second-order valence-electron chi connectivity index (χ2n) is 6.17. The molecule has 0 atom stereocenters. The van der Waals surface area contributed by atoms with Gasteiger partial charge in [-0.15, -0.1) is 0 Å². The Balaban J connectivity index is 1.74. The van der Waals surface area contributed by atoms with Crippen molar-refractivity contribution in [1.29, 1.82) is 0 Å². The fraction of sp³-hybridized carbons (Fsp3) is 0.421. The molecular weight excluding hydrogens is 272 g/mol. The van der Waals surface area contributed by atoms with Crippen molar-refractivity contribution in [2.24, 2.45) is 0 Å². The molecule has 0 unspecified atom stereocenters. The second kappa shape index (κ2) is 7.03. The molecule has 1 aliphatic rings. The summed E-state index contributed by atoms with van der Waals surface area (Å²) in [5.74, 6) is 0. The van der Waals surface area contributed by atoms with E-state index in [4.69, 9.17) is 4.74 Å². The van der Waals surface area contributed by atoms with Crippen LogP contribution in [0.25, 0.3) is 0 Å². The first-order chi connectivity index (χ1) is 10.8. The molecule has 0 aliphatic carbocycles. The smallest absolute Gasteiger partial charge is 0.0475 e. The Hall–Kier alpha value is -1.71. The summed E-state index contributed by atoms with van der Waals surface area (Å²) in [6.07, 6.45) is 5.91. The highest BCUT2D eigenvalue weighted by atomic mass is 16.5. The van der Waals surface area contributed by atoms with Gasteiger partial charge in [-0.2, -0.15) is 0 Å². The number of benzene rings is 1. The predicted octanol–water partition coefficient (Wildman–Crippen LogP) is 3.23. The van der Waals surface area contributed by atoms with Gasteiger partial charge in [-0.25, -0.2) is 0 Å². The molecule has 3 nitrogen and oxygen atoms in total. The molecule has 1 aromatic carbocycles. The molecule has 0 amide bonds. The van der Waals surface area contributed by atoms with Gasteiger partial charge in [-0.05, 0) is 42.5 Å². The third-order valence-corrected chi connectivity index (χ3v) is 4.68. The van der Waals surface area contributed by atoms with Crippen molar-refractivity contribution < 1.29 is 4.74 Å². The Morgan fingerprint density at radius 2 is 1.95 bits per heavy atom. The van der Waals surface area contributed by atoms with Crippen LogP contribution in [0.5, 0.6) is 0 Å². The molecule has 1 aromatic heterocycles. The van der Waals surface area contributed by atoms with Gasteiger partial charge in [-0.3, -0.25) is 4.98 Å². The lowest BCUT2D eigenvalue weighted by atomic mass is 9.72. The van der Waals surface area contributed by atoms with Crippen LogP contribution in [0.15, 0.2) is 48.8 Å². The van der Waals surface area contributed by atoms with Crippen LogP contribution < -0.4 is 5.32 Å². The zero-order valence-electron chi connectivity index (χ0n) is 13.2. The lowest BCUT2D eigenvalue weighted by molar-refractivity contribution is 0.0496. The normalized spacial score (nSPS) is 17.3. The summed E-state index contributed by atoms with van der Waals surface area (Å²) in [6, 6.07) is 12.9. The van der Waals surface area contributed by atoms with Gasteiger partial charge in [0.25, 0.3) is 0 Å². The zero-order valence-corrected chi connectivity index (χ0v) is 13.2. The zero-order chi connectivity index (χ0) is 15.3. The maximum atomic E-state index is 5.61. The van der Waals surface area contributed by atoms with Gasteiger partial charge in [0.1, 0.15) is 0 Å². The van der Waals surface area contributed by atoms with Crippen molar-refractivity contribution in [3.63, 3.8) is 0 Å². The minimum atomic E-state index is 0.186. The number of rotatable bonds is 5. The number of nitrogens with one attached hydrogen (secondary N) is 1. The van der Waals surface area contributed by atoms with E-state index < -0.39 is 0 Å². The van der Waals surface area contributed by atoms with Crippen LogP contribution in [0.3, 0.4) is 0 Å². The van der Waals surface area contributed by atoms with Gasteiger partial charge in [0.05, 0.1) is 0 Å². The molecule has 1 N–H and O–H groups in total.